The first-order chi connectivity index (χ1) is 16.0. The Hall–Kier alpha value is -3.53. The number of aryl methyl sites for hydroxylation is 1. The zero-order valence-electron chi connectivity index (χ0n) is 17.6. The second kappa shape index (κ2) is 10.2. The van der Waals surface area contributed by atoms with Crippen LogP contribution in [-0.2, 0) is 4.74 Å². The van der Waals surface area contributed by atoms with Gasteiger partial charge in [-0.15, -0.1) is 0 Å². The number of halogens is 2. The first-order valence-corrected chi connectivity index (χ1v) is 10.6. The molecule has 0 amide bonds. The Balaban J connectivity index is 1.95. The number of alkyl halides is 2. The fourth-order valence-electron chi connectivity index (χ4n) is 3.15. The van der Waals surface area contributed by atoms with Crippen LogP contribution in [0.4, 0.5) is 11.4 Å². The summed E-state index contributed by atoms with van der Waals surface area (Å²) in [6.07, 6.45) is -2.98. The molecular weight excluding hydrogens is 487 g/mol. The van der Waals surface area contributed by atoms with Crippen LogP contribution in [0.25, 0.3) is 0 Å². The summed E-state index contributed by atoms with van der Waals surface area (Å²) in [5.74, 6) is -0.873. The van der Waals surface area contributed by atoms with Crippen molar-refractivity contribution < 1.29 is 24.5 Å². The molecule has 0 aromatic heterocycles. The molecule has 0 saturated heterocycles. The van der Waals surface area contributed by atoms with Gasteiger partial charge in [0.05, 0.1) is 15.4 Å². The van der Waals surface area contributed by atoms with Crippen molar-refractivity contribution in [1.29, 1.82) is 0 Å². The first kappa shape index (κ1) is 25.1. The lowest BCUT2D eigenvalue weighted by Gasteiger charge is -2.34. The third kappa shape index (κ3) is 5.51. The largest absolute Gasteiger partial charge is 0.451 e. The standard InChI is InChI=1S/C23H18Cl2N2O7/c1-14-2-4-16(5-3-14)21(34-22(29)17-8-12-19(13-9-17)27(32)33)23(24,25)20(28)15-6-10-18(11-7-15)26(30)31/h2-13,20-21,28H,1H3/t20-,21-/m1/s1. The van der Waals surface area contributed by atoms with E-state index in [4.69, 9.17) is 27.9 Å². The molecule has 0 heterocycles. The van der Waals surface area contributed by atoms with Crippen molar-refractivity contribution in [3.8, 4) is 0 Å². The summed E-state index contributed by atoms with van der Waals surface area (Å²) >= 11 is 13.2. The number of rotatable bonds is 8. The smallest absolute Gasteiger partial charge is 0.338 e. The summed E-state index contributed by atoms with van der Waals surface area (Å²) in [6, 6.07) is 16.5. The number of ether oxygens (including phenoxy) is 1. The fourth-order valence-corrected chi connectivity index (χ4v) is 3.74. The van der Waals surface area contributed by atoms with E-state index in [1.807, 2.05) is 6.92 Å². The topological polar surface area (TPSA) is 133 Å². The van der Waals surface area contributed by atoms with Crippen LogP contribution in [-0.4, -0.2) is 25.3 Å². The molecule has 11 heteroatoms. The maximum Gasteiger partial charge on any atom is 0.338 e. The van der Waals surface area contributed by atoms with E-state index in [1.54, 1.807) is 24.3 Å². The van der Waals surface area contributed by atoms with Gasteiger partial charge in [-0.2, -0.15) is 0 Å². The Morgan fingerprint density at radius 3 is 1.76 bits per heavy atom. The number of carbonyl (C=O) groups excluding carboxylic acids is 1. The highest BCUT2D eigenvalue weighted by Crippen LogP contribution is 2.48. The quantitative estimate of drug-likeness (QED) is 0.182. The Bertz CT molecular complexity index is 1200. The molecular formula is C23H18Cl2N2O7. The molecule has 0 radical (unpaired) electrons. The van der Waals surface area contributed by atoms with E-state index in [9.17, 15) is 30.1 Å². The average Bonchev–Trinajstić information content (AvgIpc) is 2.82. The summed E-state index contributed by atoms with van der Waals surface area (Å²) in [5.41, 5.74) is 1.08. The van der Waals surface area contributed by atoms with Crippen molar-refractivity contribution in [2.45, 2.75) is 23.5 Å². The van der Waals surface area contributed by atoms with Crippen molar-refractivity contribution in [3.05, 3.63) is 115 Å². The number of benzene rings is 3. The molecule has 0 bridgehead atoms. The van der Waals surface area contributed by atoms with Crippen LogP contribution in [0.5, 0.6) is 0 Å². The van der Waals surface area contributed by atoms with Crippen molar-refractivity contribution in [2.75, 3.05) is 0 Å². The molecule has 3 aromatic rings. The summed E-state index contributed by atoms with van der Waals surface area (Å²) in [5, 5.41) is 32.7. The van der Waals surface area contributed by atoms with Crippen molar-refractivity contribution in [2.24, 2.45) is 0 Å². The molecule has 0 saturated carbocycles. The number of hydrogen-bond donors (Lipinski definition) is 1. The van der Waals surface area contributed by atoms with Gasteiger partial charge >= 0.3 is 5.97 Å². The highest BCUT2D eigenvalue weighted by Gasteiger charge is 2.46. The van der Waals surface area contributed by atoms with Gasteiger partial charge in [0.15, 0.2) is 10.4 Å². The minimum Gasteiger partial charge on any atom is -0.451 e. The predicted octanol–water partition coefficient (Wildman–Crippen LogP) is 5.62. The monoisotopic (exact) mass is 504 g/mol. The molecule has 3 rings (SSSR count). The van der Waals surface area contributed by atoms with Gasteiger partial charge in [-0.05, 0) is 42.3 Å². The molecule has 9 nitrogen and oxygen atoms in total. The molecule has 0 unspecified atom stereocenters. The molecule has 1 N–H and O–H groups in total. The number of nitro groups is 2. The van der Waals surface area contributed by atoms with Gasteiger partial charge < -0.3 is 9.84 Å². The molecule has 0 aliphatic rings. The lowest BCUT2D eigenvalue weighted by Crippen LogP contribution is -2.34. The van der Waals surface area contributed by atoms with Gasteiger partial charge in [0.25, 0.3) is 11.4 Å². The molecule has 2 atom stereocenters. The zero-order valence-corrected chi connectivity index (χ0v) is 19.1. The average molecular weight is 505 g/mol. The van der Waals surface area contributed by atoms with E-state index >= 15 is 0 Å². The molecule has 0 fully saturated rings. The van der Waals surface area contributed by atoms with Gasteiger partial charge in [0.2, 0.25) is 0 Å². The Labute approximate surface area is 203 Å². The fraction of sp³-hybridized carbons (Fsp3) is 0.174. The predicted molar refractivity (Wildman–Crippen MR) is 125 cm³/mol. The van der Waals surface area contributed by atoms with Gasteiger partial charge in [0.1, 0.15) is 6.10 Å². The normalized spacial score (nSPS) is 13.1. The van der Waals surface area contributed by atoms with Crippen LogP contribution >= 0.6 is 23.2 Å². The van der Waals surface area contributed by atoms with Crippen LogP contribution in [0.1, 0.15) is 39.3 Å². The SMILES string of the molecule is Cc1ccc([C@@H](OC(=O)c2ccc([N+](=O)[O-])cc2)C(Cl)(Cl)[C@H](O)c2ccc([N+](=O)[O-])cc2)cc1. The van der Waals surface area contributed by atoms with Crippen LogP contribution in [0.3, 0.4) is 0 Å². The summed E-state index contributed by atoms with van der Waals surface area (Å²) in [6.45, 7) is 1.85. The van der Waals surface area contributed by atoms with E-state index in [0.29, 0.717) is 5.56 Å². The second-order valence-electron chi connectivity index (χ2n) is 7.43. The van der Waals surface area contributed by atoms with E-state index in [2.05, 4.69) is 0 Å². The summed E-state index contributed by atoms with van der Waals surface area (Å²) < 4.78 is 3.48. The van der Waals surface area contributed by atoms with Gasteiger partial charge in [0, 0.05) is 24.3 Å². The maximum atomic E-state index is 12.8. The molecule has 0 spiro atoms. The number of aliphatic hydroxyl groups is 1. The molecule has 34 heavy (non-hydrogen) atoms. The molecule has 176 valence electrons. The Morgan fingerprint density at radius 1 is 0.853 bits per heavy atom. The van der Waals surface area contributed by atoms with Gasteiger partial charge in [-0.3, -0.25) is 20.2 Å². The highest BCUT2D eigenvalue weighted by molar-refractivity contribution is 6.49. The summed E-state index contributed by atoms with van der Waals surface area (Å²) in [4.78, 5) is 33.4. The molecule has 3 aromatic carbocycles. The van der Waals surface area contributed by atoms with Crippen molar-refractivity contribution in [3.63, 3.8) is 0 Å². The van der Waals surface area contributed by atoms with E-state index < -0.39 is 32.4 Å². The van der Waals surface area contributed by atoms with Crippen molar-refractivity contribution in [1.82, 2.24) is 0 Å². The van der Waals surface area contributed by atoms with Crippen LogP contribution in [0.15, 0.2) is 72.8 Å². The van der Waals surface area contributed by atoms with Crippen LogP contribution in [0.2, 0.25) is 0 Å². The number of esters is 1. The number of non-ortho nitro benzene ring substituents is 2. The van der Waals surface area contributed by atoms with Gasteiger partial charge in [-0.1, -0.05) is 53.0 Å². The van der Waals surface area contributed by atoms with Crippen LogP contribution < -0.4 is 0 Å². The van der Waals surface area contributed by atoms with E-state index in [0.717, 1.165) is 17.7 Å². The first-order valence-electron chi connectivity index (χ1n) is 9.83. The van der Waals surface area contributed by atoms with E-state index in [-0.39, 0.29) is 22.5 Å². The zero-order chi connectivity index (χ0) is 25.0. The third-order valence-electron chi connectivity index (χ3n) is 5.05. The van der Waals surface area contributed by atoms with Gasteiger partial charge in [-0.25, -0.2) is 4.79 Å². The Kier molecular flexibility index (Phi) is 7.51. The molecule has 0 aliphatic carbocycles. The number of nitro benzene ring substituents is 2. The van der Waals surface area contributed by atoms with E-state index in [1.165, 1.54) is 36.4 Å². The van der Waals surface area contributed by atoms with Crippen molar-refractivity contribution >= 4 is 40.5 Å². The number of carbonyl (C=O) groups is 1. The minimum absolute atomic E-state index is 0.0108. The number of hydrogen-bond acceptors (Lipinski definition) is 7. The molecule has 0 aliphatic heterocycles. The number of nitrogens with zero attached hydrogens (tertiary/aromatic N) is 2. The lowest BCUT2D eigenvalue weighted by molar-refractivity contribution is -0.385. The third-order valence-corrected chi connectivity index (χ3v) is 5.86. The maximum absolute atomic E-state index is 12.8. The lowest BCUT2D eigenvalue weighted by atomic mass is 9.96. The number of aliphatic hydroxyl groups excluding tert-OH is 1. The minimum atomic E-state index is -2.11. The Morgan fingerprint density at radius 2 is 1.29 bits per heavy atom. The summed E-state index contributed by atoms with van der Waals surface area (Å²) in [7, 11) is 0. The highest BCUT2D eigenvalue weighted by atomic mass is 35.5. The van der Waals surface area contributed by atoms with Crippen LogP contribution in [0, 0.1) is 27.2 Å². The second-order valence-corrected chi connectivity index (χ2v) is 8.87.